The third kappa shape index (κ3) is 3.64. The molecule has 0 amide bonds. The predicted molar refractivity (Wildman–Crippen MR) is 68.4 cm³/mol. The fourth-order valence-electron chi connectivity index (χ4n) is 2.34. The number of phenolic OH excluding ortho intramolecular Hbond substituents is 1. The van der Waals surface area contributed by atoms with Crippen LogP contribution in [0.25, 0.3) is 0 Å². The fourth-order valence-corrected chi connectivity index (χ4v) is 2.34. The molecule has 0 spiro atoms. The van der Waals surface area contributed by atoms with Gasteiger partial charge in [0, 0.05) is 19.6 Å². The van der Waals surface area contributed by atoms with E-state index in [0.29, 0.717) is 25.3 Å². The molecule has 112 valence electrons. The van der Waals surface area contributed by atoms with Crippen LogP contribution in [0.4, 0.5) is 13.2 Å². The number of nitrogens with zero attached hydrogens (tertiary/aromatic N) is 1. The molecule has 0 aliphatic carbocycles. The minimum atomic E-state index is -4.53. The minimum Gasteiger partial charge on any atom is -0.507 e. The highest BCUT2D eigenvalue weighted by atomic mass is 19.4. The fraction of sp³-hybridized carbons (Fsp3) is 0.571. The number of hydrogen-bond acceptors (Lipinski definition) is 3. The van der Waals surface area contributed by atoms with E-state index in [9.17, 15) is 18.3 Å². The maximum absolute atomic E-state index is 12.7. The molecule has 20 heavy (non-hydrogen) atoms. The van der Waals surface area contributed by atoms with Gasteiger partial charge in [0.05, 0.1) is 18.3 Å². The van der Waals surface area contributed by atoms with Gasteiger partial charge in [-0.3, -0.25) is 4.90 Å². The normalized spacial score (nSPS) is 21.1. The third-order valence-electron chi connectivity index (χ3n) is 3.45. The lowest BCUT2D eigenvalue weighted by molar-refractivity contribution is -0.138. The number of morpholine rings is 1. The first-order valence-electron chi connectivity index (χ1n) is 6.63. The van der Waals surface area contributed by atoms with Crippen molar-refractivity contribution in [2.45, 2.75) is 32.2 Å². The summed E-state index contributed by atoms with van der Waals surface area (Å²) in [7, 11) is 0. The molecule has 0 saturated carbocycles. The summed E-state index contributed by atoms with van der Waals surface area (Å²) in [6.45, 7) is 4.49. The van der Waals surface area contributed by atoms with E-state index in [0.717, 1.165) is 25.1 Å². The van der Waals surface area contributed by atoms with Crippen molar-refractivity contribution in [3.63, 3.8) is 0 Å². The molecule has 1 aromatic carbocycles. The van der Waals surface area contributed by atoms with E-state index in [4.69, 9.17) is 4.74 Å². The van der Waals surface area contributed by atoms with Gasteiger partial charge in [0.15, 0.2) is 0 Å². The van der Waals surface area contributed by atoms with Crippen molar-refractivity contribution in [2.75, 3.05) is 19.7 Å². The molecular weight excluding hydrogens is 271 g/mol. The molecule has 0 radical (unpaired) electrons. The van der Waals surface area contributed by atoms with Crippen LogP contribution in [0, 0.1) is 0 Å². The monoisotopic (exact) mass is 289 g/mol. The summed E-state index contributed by atoms with van der Waals surface area (Å²) in [4.78, 5) is 2.07. The van der Waals surface area contributed by atoms with Crippen LogP contribution in [0.5, 0.6) is 5.75 Å². The topological polar surface area (TPSA) is 32.7 Å². The highest BCUT2D eigenvalue weighted by Crippen LogP contribution is 2.36. The molecule has 0 aromatic heterocycles. The van der Waals surface area contributed by atoms with E-state index in [-0.39, 0.29) is 6.10 Å². The Morgan fingerprint density at radius 3 is 2.80 bits per heavy atom. The van der Waals surface area contributed by atoms with E-state index in [1.807, 2.05) is 6.92 Å². The van der Waals surface area contributed by atoms with Gasteiger partial charge in [0.2, 0.25) is 0 Å². The van der Waals surface area contributed by atoms with Crippen LogP contribution < -0.4 is 0 Å². The van der Waals surface area contributed by atoms with Gasteiger partial charge in [-0.15, -0.1) is 0 Å². The molecule has 1 saturated heterocycles. The molecule has 1 fully saturated rings. The number of ether oxygens (including phenoxy) is 1. The Morgan fingerprint density at radius 2 is 2.15 bits per heavy atom. The van der Waals surface area contributed by atoms with Gasteiger partial charge in [0.1, 0.15) is 5.75 Å². The summed E-state index contributed by atoms with van der Waals surface area (Å²) in [5.74, 6) is -0.727. The van der Waals surface area contributed by atoms with Gasteiger partial charge >= 0.3 is 6.18 Å². The Morgan fingerprint density at radius 1 is 1.40 bits per heavy atom. The summed E-state index contributed by atoms with van der Waals surface area (Å²) < 4.78 is 43.7. The Bertz CT molecular complexity index is 462. The van der Waals surface area contributed by atoms with Crippen molar-refractivity contribution in [1.82, 2.24) is 4.90 Å². The van der Waals surface area contributed by atoms with E-state index in [1.54, 1.807) is 0 Å². The Labute approximate surface area is 116 Å². The maximum Gasteiger partial charge on any atom is 0.419 e. The Kier molecular flexibility index (Phi) is 4.55. The predicted octanol–water partition coefficient (Wildman–Crippen LogP) is 3.02. The van der Waals surface area contributed by atoms with Crippen LogP contribution in [-0.2, 0) is 17.5 Å². The van der Waals surface area contributed by atoms with E-state index in [2.05, 4.69) is 4.90 Å². The number of rotatable bonds is 3. The highest BCUT2D eigenvalue weighted by molar-refractivity contribution is 5.38. The number of alkyl halides is 3. The zero-order valence-electron chi connectivity index (χ0n) is 11.3. The Hall–Kier alpha value is -1.27. The average molecular weight is 289 g/mol. The van der Waals surface area contributed by atoms with Gasteiger partial charge in [-0.05, 0) is 24.1 Å². The maximum atomic E-state index is 12.7. The molecule has 1 unspecified atom stereocenters. The van der Waals surface area contributed by atoms with Gasteiger partial charge < -0.3 is 9.84 Å². The summed E-state index contributed by atoms with van der Waals surface area (Å²) in [6, 6.07) is 3.66. The molecule has 1 aliphatic heterocycles. The smallest absolute Gasteiger partial charge is 0.419 e. The second kappa shape index (κ2) is 6.01. The average Bonchev–Trinajstić information content (AvgIpc) is 2.40. The summed E-state index contributed by atoms with van der Waals surface area (Å²) in [5, 5.41) is 9.30. The molecule has 1 N–H and O–H groups in total. The van der Waals surface area contributed by atoms with Gasteiger partial charge in [-0.1, -0.05) is 13.0 Å². The first kappa shape index (κ1) is 15.1. The molecule has 6 heteroatoms. The van der Waals surface area contributed by atoms with Crippen molar-refractivity contribution >= 4 is 0 Å². The van der Waals surface area contributed by atoms with Crippen molar-refractivity contribution in [3.8, 4) is 5.75 Å². The molecular formula is C14H18F3NO2. The van der Waals surface area contributed by atoms with Gasteiger partial charge in [-0.2, -0.15) is 13.2 Å². The number of aromatic hydroxyl groups is 1. The second-order valence-electron chi connectivity index (χ2n) is 4.99. The molecule has 2 rings (SSSR count). The van der Waals surface area contributed by atoms with Gasteiger partial charge in [0.25, 0.3) is 0 Å². The number of benzene rings is 1. The molecule has 1 atom stereocenters. The van der Waals surface area contributed by atoms with Crippen LogP contribution in [0.1, 0.15) is 24.5 Å². The van der Waals surface area contributed by atoms with Crippen molar-refractivity contribution in [2.24, 2.45) is 0 Å². The van der Waals surface area contributed by atoms with Crippen LogP contribution in [-0.4, -0.2) is 35.8 Å². The largest absolute Gasteiger partial charge is 0.507 e. The zero-order valence-corrected chi connectivity index (χ0v) is 11.3. The van der Waals surface area contributed by atoms with E-state index < -0.39 is 17.5 Å². The number of hydrogen-bond donors (Lipinski definition) is 1. The van der Waals surface area contributed by atoms with Crippen molar-refractivity contribution in [3.05, 3.63) is 29.3 Å². The minimum absolute atomic E-state index is 0.142. The van der Waals surface area contributed by atoms with Crippen LogP contribution in [0.15, 0.2) is 18.2 Å². The quantitative estimate of drug-likeness (QED) is 0.928. The Balaban J connectivity index is 2.10. The SMILES string of the molecule is CCC1CN(Cc2ccc(O)c(C(F)(F)F)c2)CCO1. The van der Waals surface area contributed by atoms with Gasteiger partial charge in [-0.25, -0.2) is 0 Å². The van der Waals surface area contributed by atoms with Crippen LogP contribution >= 0.6 is 0 Å². The lowest BCUT2D eigenvalue weighted by Gasteiger charge is -2.32. The van der Waals surface area contributed by atoms with E-state index in [1.165, 1.54) is 6.07 Å². The van der Waals surface area contributed by atoms with Crippen molar-refractivity contribution < 1.29 is 23.0 Å². The van der Waals surface area contributed by atoms with Crippen LogP contribution in [0.2, 0.25) is 0 Å². The third-order valence-corrected chi connectivity index (χ3v) is 3.45. The lowest BCUT2D eigenvalue weighted by Crippen LogP contribution is -2.41. The molecule has 1 heterocycles. The first-order valence-corrected chi connectivity index (χ1v) is 6.63. The number of halogens is 3. The summed E-state index contributed by atoms with van der Waals surface area (Å²) in [5.41, 5.74) is -0.429. The molecule has 1 aliphatic rings. The first-order chi connectivity index (χ1) is 9.40. The lowest BCUT2D eigenvalue weighted by atomic mass is 10.1. The highest BCUT2D eigenvalue weighted by Gasteiger charge is 2.34. The van der Waals surface area contributed by atoms with E-state index >= 15 is 0 Å². The molecule has 3 nitrogen and oxygen atoms in total. The standard InChI is InChI=1S/C14H18F3NO2/c1-2-11-9-18(5-6-20-11)8-10-3-4-13(19)12(7-10)14(15,16)17/h3-4,7,11,19H,2,5-6,8-9H2,1H3. The van der Waals surface area contributed by atoms with Crippen molar-refractivity contribution in [1.29, 1.82) is 0 Å². The molecule has 1 aromatic rings. The summed E-state index contributed by atoms with van der Waals surface area (Å²) >= 11 is 0. The molecule has 0 bridgehead atoms. The number of phenols is 1. The second-order valence-corrected chi connectivity index (χ2v) is 4.99. The van der Waals surface area contributed by atoms with Crippen LogP contribution in [0.3, 0.4) is 0 Å². The zero-order chi connectivity index (χ0) is 14.8. The summed E-state index contributed by atoms with van der Waals surface area (Å²) in [6.07, 6.45) is -3.50.